The van der Waals surface area contributed by atoms with Crippen LogP contribution in [0, 0.1) is 12.5 Å². The Balaban J connectivity index is 2.16. The Morgan fingerprint density at radius 1 is 1.41 bits per heavy atom. The molecule has 0 aliphatic heterocycles. The lowest BCUT2D eigenvalue weighted by Crippen LogP contribution is -2.13. The van der Waals surface area contributed by atoms with Gasteiger partial charge in [-0.05, 0) is 31.4 Å². The average Bonchev–Trinajstić information content (AvgIpc) is 2.39. The molecule has 0 saturated heterocycles. The van der Waals surface area contributed by atoms with Crippen LogP contribution in [-0.4, -0.2) is 12.9 Å². The summed E-state index contributed by atoms with van der Waals surface area (Å²) in [5, 5.41) is 0. The molecule has 0 unspecified atom stereocenters. The van der Waals surface area contributed by atoms with Gasteiger partial charge in [0.2, 0.25) is 0 Å². The lowest BCUT2D eigenvalue weighted by Gasteiger charge is -2.18. The SMILES string of the molecule is CO[C]1C=C(C)C(C(=O)C2=CC=CC[CH]2)=CC1. The molecule has 0 atom stereocenters. The molecular weight excluding hydrogens is 212 g/mol. The summed E-state index contributed by atoms with van der Waals surface area (Å²) in [5.41, 5.74) is 2.55. The molecule has 0 saturated carbocycles. The Kier molecular flexibility index (Phi) is 3.75. The molecule has 0 aromatic rings. The molecule has 2 nitrogen and oxygen atoms in total. The van der Waals surface area contributed by atoms with Crippen molar-refractivity contribution in [2.45, 2.75) is 19.8 Å². The molecule has 0 amide bonds. The van der Waals surface area contributed by atoms with Crippen LogP contribution in [-0.2, 0) is 9.53 Å². The summed E-state index contributed by atoms with van der Waals surface area (Å²) in [6.07, 6.45) is 14.1. The molecule has 2 aliphatic carbocycles. The highest BCUT2D eigenvalue weighted by atomic mass is 16.5. The molecule has 2 aliphatic rings. The third-order valence-corrected chi connectivity index (χ3v) is 2.96. The fourth-order valence-corrected chi connectivity index (χ4v) is 1.99. The zero-order valence-electron chi connectivity index (χ0n) is 10.2. The average molecular weight is 228 g/mol. The van der Waals surface area contributed by atoms with Crippen LogP contribution in [0.25, 0.3) is 0 Å². The predicted octanol–water partition coefficient (Wildman–Crippen LogP) is 3.10. The largest absolute Gasteiger partial charge is 0.370 e. The van der Waals surface area contributed by atoms with Gasteiger partial charge in [0.15, 0.2) is 5.78 Å². The van der Waals surface area contributed by atoms with Crippen molar-refractivity contribution in [1.29, 1.82) is 0 Å². The van der Waals surface area contributed by atoms with E-state index in [4.69, 9.17) is 4.74 Å². The summed E-state index contributed by atoms with van der Waals surface area (Å²) >= 11 is 0. The molecule has 0 spiro atoms. The van der Waals surface area contributed by atoms with Gasteiger partial charge in [-0.2, -0.15) is 0 Å². The number of allylic oxidation sites excluding steroid dienone is 6. The highest BCUT2D eigenvalue weighted by Crippen LogP contribution is 2.28. The standard InChI is InChI=1S/C15H16O2/c1-11-10-13(17-2)8-9-14(11)15(16)12-6-4-3-5-7-12/h3-4,6-7,9-10H,5,8H2,1-2H3. The molecule has 2 heteroatoms. The summed E-state index contributed by atoms with van der Waals surface area (Å²) < 4.78 is 5.19. The fraction of sp³-hybridized carbons (Fsp3) is 0.267. The Morgan fingerprint density at radius 2 is 2.24 bits per heavy atom. The summed E-state index contributed by atoms with van der Waals surface area (Å²) in [4.78, 5) is 12.3. The smallest absolute Gasteiger partial charge is 0.189 e. The third-order valence-electron chi connectivity index (χ3n) is 2.96. The lowest BCUT2D eigenvalue weighted by atomic mass is 9.88. The molecule has 0 bridgehead atoms. The van der Waals surface area contributed by atoms with Gasteiger partial charge >= 0.3 is 0 Å². The van der Waals surface area contributed by atoms with E-state index in [1.54, 1.807) is 7.11 Å². The number of ether oxygens (including phenoxy) is 1. The second-order valence-electron chi connectivity index (χ2n) is 4.14. The number of hydrogen-bond donors (Lipinski definition) is 0. The number of Topliss-reactive ketones (excluding diaryl/α,β-unsaturated/α-hetero) is 1. The van der Waals surface area contributed by atoms with Gasteiger partial charge in [-0.3, -0.25) is 4.79 Å². The van der Waals surface area contributed by atoms with Crippen molar-refractivity contribution in [3.8, 4) is 0 Å². The Hall–Kier alpha value is -1.41. The van der Waals surface area contributed by atoms with Crippen molar-refractivity contribution in [2.75, 3.05) is 7.11 Å². The van der Waals surface area contributed by atoms with E-state index in [1.165, 1.54) is 0 Å². The van der Waals surface area contributed by atoms with Gasteiger partial charge < -0.3 is 4.74 Å². The maximum absolute atomic E-state index is 12.3. The second-order valence-corrected chi connectivity index (χ2v) is 4.14. The molecule has 0 heterocycles. The van der Waals surface area contributed by atoms with E-state index in [-0.39, 0.29) is 5.78 Å². The highest BCUT2D eigenvalue weighted by Gasteiger charge is 2.21. The zero-order valence-corrected chi connectivity index (χ0v) is 10.2. The van der Waals surface area contributed by atoms with Gasteiger partial charge in [-0.25, -0.2) is 0 Å². The topological polar surface area (TPSA) is 26.3 Å². The van der Waals surface area contributed by atoms with Crippen LogP contribution in [0.2, 0.25) is 0 Å². The number of carbonyl (C=O) groups excluding carboxylic acids is 1. The summed E-state index contributed by atoms with van der Waals surface area (Å²) in [7, 11) is 1.65. The first-order valence-corrected chi connectivity index (χ1v) is 5.75. The third kappa shape index (κ3) is 2.64. The molecule has 0 N–H and O–H groups in total. The van der Waals surface area contributed by atoms with Gasteiger partial charge in [0.1, 0.15) is 6.10 Å². The van der Waals surface area contributed by atoms with Crippen molar-refractivity contribution in [1.82, 2.24) is 0 Å². The zero-order chi connectivity index (χ0) is 12.3. The monoisotopic (exact) mass is 228 g/mol. The highest BCUT2D eigenvalue weighted by molar-refractivity contribution is 6.12. The van der Waals surface area contributed by atoms with E-state index in [0.29, 0.717) is 6.42 Å². The first kappa shape index (κ1) is 12.1. The molecular formula is C15H16O2. The van der Waals surface area contributed by atoms with E-state index in [1.807, 2.05) is 43.7 Å². The summed E-state index contributed by atoms with van der Waals surface area (Å²) in [5.74, 6) is 0.109. The first-order valence-electron chi connectivity index (χ1n) is 5.75. The minimum Gasteiger partial charge on any atom is -0.370 e. The van der Waals surface area contributed by atoms with Gasteiger partial charge in [0, 0.05) is 24.7 Å². The summed E-state index contributed by atoms with van der Waals surface area (Å²) in [6.45, 7) is 1.95. The Labute approximate surface area is 102 Å². The van der Waals surface area contributed by atoms with Crippen LogP contribution in [0.5, 0.6) is 0 Å². The van der Waals surface area contributed by atoms with Gasteiger partial charge in [-0.1, -0.05) is 24.3 Å². The molecule has 88 valence electrons. The number of carbonyl (C=O) groups is 1. The number of rotatable bonds is 3. The quantitative estimate of drug-likeness (QED) is 0.742. The predicted molar refractivity (Wildman–Crippen MR) is 67.9 cm³/mol. The Bertz CT molecular complexity index is 436. The maximum Gasteiger partial charge on any atom is 0.189 e. The molecule has 0 fully saturated rings. The Morgan fingerprint density at radius 3 is 2.82 bits per heavy atom. The first-order chi connectivity index (χ1) is 8.22. The van der Waals surface area contributed by atoms with Crippen LogP contribution < -0.4 is 0 Å². The minimum absolute atomic E-state index is 0.109. The van der Waals surface area contributed by atoms with Crippen molar-refractivity contribution in [3.63, 3.8) is 0 Å². The van der Waals surface area contributed by atoms with Crippen molar-refractivity contribution >= 4 is 5.78 Å². The normalized spacial score (nSPS) is 20.7. The second kappa shape index (κ2) is 5.28. The van der Waals surface area contributed by atoms with Crippen LogP contribution in [0.1, 0.15) is 19.8 Å². The fourth-order valence-electron chi connectivity index (χ4n) is 1.99. The summed E-state index contributed by atoms with van der Waals surface area (Å²) in [6, 6.07) is 0. The van der Waals surface area contributed by atoms with Crippen LogP contribution >= 0.6 is 0 Å². The van der Waals surface area contributed by atoms with Crippen molar-refractivity contribution in [3.05, 3.63) is 59.6 Å². The van der Waals surface area contributed by atoms with Crippen LogP contribution in [0.4, 0.5) is 0 Å². The molecule has 0 aromatic carbocycles. The van der Waals surface area contributed by atoms with Crippen LogP contribution in [0.3, 0.4) is 0 Å². The number of ketones is 1. The lowest BCUT2D eigenvalue weighted by molar-refractivity contribution is -0.111. The van der Waals surface area contributed by atoms with Crippen LogP contribution in [0.15, 0.2) is 47.1 Å². The number of hydrogen-bond acceptors (Lipinski definition) is 2. The van der Waals surface area contributed by atoms with E-state index in [0.717, 1.165) is 29.2 Å². The van der Waals surface area contributed by atoms with E-state index in [2.05, 4.69) is 0 Å². The number of methoxy groups -OCH3 is 1. The minimum atomic E-state index is 0.109. The van der Waals surface area contributed by atoms with Gasteiger partial charge in [-0.15, -0.1) is 0 Å². The van der Waals surface area contributed by atoms with E-state index >= 15 is 0 Å². The van der Waals surface area contributed by atoms with Gasteiger partial charge in [0.25, 0.3) is 0 Å². The molecule has 17 heavy (non-hydrogen) atoms. The molecule has 2 radical (unpaired) electrons. The maximum atomic E-state index is 12.3. The molecule has 0 aromatic heterocycles. The van der Waals surface area contributed by atoms with Gasteiger partial charge in [0.05, 0.1) is 0 Å². The van der Waals surface area contributed by atoms with Crippen molar-refractivity contribution < 1.29 is 9.53 Å². The van der Waals surface area contributed by atoms with E-state index < -0.39 is 0 Å². The van der Waals surface area contributed by atoms with Crippen molar-refractivity contribution in [2.24, 2.45) is 0 Å². The molecule has 2 rings (SSSR count). The van der Waals surface area contributed by atoms with E-state index in [9.17, 15) is 4.79 Å².